The van der Waals surface area contributed by atoms with Gasteiger partial charge in [-0.15, -0.1) is 6.58 Å². The van der Waals surface area contributed by atoms with Gasteiger partial charge in [-0.2, -0.15) is 18.3 Å². The highest BCUT2D eigenvalue weighted by atomic mass is 19.4. The van der Waals surface area contributed by atoms with Crippen molar-refractivity contribution in [2.75, 3.05) is 5.43 Å². The minimum Gasteiger partial charge on any atom is -0.343 e. The van der Waals surface area contributed by atoms with E-state index in [0.717, 1.165) is 28.7 Å². The van der Waals surface area contributed by atoms with Crippen molar-refractivity contribution in [2.45, 2.75) is 12.7 Å². The highest BCUT2D eigenvalue weighted by Gasteiger charge is 2.30. The van der Waals surface area contributed by atoms with Crippen LogP contribution in [0.2, 0.25) is 0 Å². The Morgan fingerprint density at radius 3 is 2.68 bits per heavy atom. The van der Waals surface area contributed by atoms with Crippen molar-refractivity contribution < 1.29 is 13.2 Å². The lowest BCUT2D eigenvalue weighted by atomic mass is 10.2. The molecule has 1 aromatic carbocycles. The Morgan fingerprint density at radius 2 is 2.00 bits per heavy atom. The van der Waals surface area contributed by atoms with Crippen molar-refractivity contribution in [3.63, 3.8) is 0 Å². The molecule has 0 aliphatic rings. The molecule has 0 radical (unpaired) electrons. The Bertz CT molecular complexity index is 908. The Hall–Kier alpha value is -3.09. The van der Waals surface area contributed by atoms with Crippen molar-refractivity contribution in [3.8, 4) is 0 Å². The lowest BCUT2D eigenvalue weighted by Gasteiger charge is -2.06. The maximum absolute atomic E-state index is 12.5. The molecule has 3 aromatic rings. The highest BCUT2D eigenvalue weighted by Crippen LogP contribution is 2.28. The van der Waals surface area contributed by atoms with Gasteiger partial charge in [0.05, 0.1) is 11.8 Å². The molecule has 4 nitrogen and oxygen atoms in total. The molecule has 0 fully saturated rings. The topological polar surface area (TPSA) is 42.2 Å². The predicted molar refractivity (Wildman–Crippen MR) is 92.6 cm³/mol. The third-order valence-electron chi connectivity index (χ3n) is 3.62. The van der Waals surface area contributed by atoms with Gasteiger partial charge < -0.3 is 4.57 Å². The normalized spacial score (nSPS) is 12.0. The van der Waals surface area contributed by atoms with E-state index in [2.05, 4.69) is 22.1 Å². The van der Waals surface area contributed by atoms with E-state index in [1.165, 1.54) is 6.07 Å². The van der Waals surface area contributed by atoms with Gasteiger partial charge in [0, 0.05) is 35.4 Å². The third-order valence-corrected chi connectivity index (χ3v) is 3.62. The fraction of sp³-hybridized carbons (Fsp3) is 0.111. The first-order valence-corrected chi connectivity index (χ1v) is 7.50. The number of hydrazone groups is 1. The van der Waals surface area contributed by atoms with Gasteiger partial charge in [-0.25, -0.2) is 4.98 Å². The van der Waals surface area contributed by atoms with Gasteiger partial charge in [-0.3, -0.25) is 5.43 Å². The maximum atomic E-state index is 12.5. The number of hydrogen-bond donors (Lipinski definition) is 1. The summed E-state index contributed by atoms with van der Waals surface area (Å²) in [6.45, 7) is 4.41. The molecule has 2 heterocycles. The molecule has 0 unspecified atom stereocenters. The summed E-state index contributed by atoms with van der Waals surface area (Å²) in [5.74, 6) is 0.235. The Labute approximate surface area is 142 Å². The van der Waals surface area contributed by atoms with Crippen LogP contribution >= 0.6 is 0 Å². The molecule has 7 heteroatoms. The lowest BCUT2D eigenvalue weighted by molar-refractivity contribution is -0.137. The number of rotatable bonds is 5. The summed E-state index contributed by atoms with van der Waals surface area (Å²) < 4.78 is 39.6. The van der Waals surface area contributed by atoms with Crippen LogP contribution in [0, 0.1) is 0 Å². The number of para-hydroxylation sites is 1. The second-order valence-corrected chi connectivity index (χ2v) is 5.34. The third kappa shape index (κ3) is 3.71. The minimum absolute atomic E-state index is 0.235. The van der Waals surface area contributed by atoms with E-state index in [1.807, 2.05) is 35.0 Å². The van der Waals surface area contributed by atoms with Gasteiger partial charge in [0.25, 0.3) is 0 Å². The first kappa shape index (κ1) is 16.8. The van der Waals surface area contributed by atoms with Crippen molar-refractivity contribution >= 4 is 22.9 Å². The summed E-state index contributed by atoms with van der Waals surface area (Å²) in [5.41, 5.74) is 3.78. The van der Waals surface area contributed by atoms with Crippen LogP contribution in [-0.2, 0) is 12.7 Å². The van der Waals surface area contributed by atoms with Crippen LogP contribution in [0.1, 0.15) is 11.1 Å². The zero-order valence-corrected chi connectivity index (χ0v) is 13.2. The molecule has 0 saturated carbocycles. The molecule has 25 heavy (non-hydrogen) atoms. The van der Waals surface area contributed by atoms with Gasteiger partial charge in [-0.1, -0.05) is 24.3 Å². The molecule has 0 atom stereocenters. The summed E-state index contributed by atoms with van der Waals surface area (Å²) in [6.07, 6.45) is 1.73. The fourth-order valence-electron chi connectivity index (χ4n) is 2.46. The lowest BCUT2D eigenvalue weighted by Crippen LogP contribution is -2.05. The van der Waals surface area contributed by atoms with Crippen molar-refractivity contribution in [2.24, 2.45) is 5.10 Å². The number of nitrogens with one attached hydrogen (secondary N) is 1. The van der Waals surface area contributed by atoms with Crippen molar-refractivity contribution in [3.05, 3.63) is 72.6 Å². The van der Waals surface area contributed by atoms with Crippen LogP contribution in [0.3, 0.4) is 0 Å². The average Bonchev–Trinajstić information content (AvgIpc) is 2.93. The monoisotopic (exact) mass is 344 g/mol. The van der Waals surface area contributed by atoms with E-state index in [4.69, 9.17) is 0 Å². The minimum atomic E-state index is -4.40. The summed E-state index contributed by atoms with van der Waals surface area (Å²) in [5, 5.41) is 5.09. The number of benzene rings is 1. The number of aromatic nitrogens is 2. The number of pyridine rings is 1. The Morgan fingerprint density at radius 1 is 1.20 bits per heavy atom. The van der Waals surface area contributed by atoms with E-state index in [-0.39, 0.29) is 5.82 Å². The molecule has 0 amide bonds. The summed E-state index contributed by atoms with van der Waals surface area (Å²) in [6, 6.07) is 10.1. The van der Waals surface area contributed by atoms with Crippen LogP contribution in [-0.4, -0.2) is 15.8 Å². The summed E-state index contributed by atoms with van der Waals surface area (Å²) >= 11 is 0. The van der Waals surface area contributed by atoms with E-state index in [0.29, 0.717) is 6.54 Å². The van der Waals surface area contributed by atoms with Crippen LogP contribution in [0.4, 0.5) is 19.0 Å². The number of nitrogens with zero attached hydrogens (tertiary/aromatic N) is 3. The molecule has 0 aliphatic heterocycles. The van der Waals surface area contributed by atoms with Crippen LogP contribution in [0.15, 0.2) is 66.5 Å². The molecule has 1 N–H and O–H groups in total. The zero-order chi connectivity index (χ0) is 17.9. The molecular weight excluding hydrogens is 329 g/mol. The number of fused-ring (bicyclic) bond motifs is 1. The van der Waals surface area contributed by atoms with E-state index >= 15 is 0 Å². The summed E-state index contributed by atoms with van der Waals surface area (Å²) in [7, 11) is 0. The van der Waals surface area contributed by atoms with Gasteiger partial charge in [0.2, 0.25) is 0 Å². The predicted octanol–water partition coefficient (Wildman–Crippen LogP) is 4.69. The van der Waals surface area contributed by atoms with Crippen LogP contribution in [0.25, 0.3) is 10.9 Å². The SMILES string of the molecule is C=CCn1cc(/C=N\Nc2ccc(C(F)(F)F)cn2)c2ccccc21. The Balaban J connectivity index is 1.78. The van der Waals surface area contributed by atoms with Crippen molar-refractivity contribution in [1.82, 2.24) is 9.55 Å². The molecule has 0 bridgehead atoms. The number of allylic oxidation sites excluding steroid dienone is 1. The van der Waals surface area contributed by atoms with E-state index in [1.54, 1.807) is 12.3 Å². The molecule has 3 rings (SSSR count). The Kier molecular flexibility index (Phi) is 4.56. The quantitative estimate of drug-likeness (QED) is 0.415. The van der Waals surface area contributed by atoms with Crippen molar-refractivity contribution in [1.29, 1.82) is 0 Å². The molecular formula is C18H15F3N4. The highest BCUT2D eigenvalue weighted by molar-refractivity contribution is 5.99. The number of alkyl halides is 3. The number of hydrogen-bond acceptors (Lipinski definition) is 3. The zero-order valence-electron chi connectivity index (χ0n) is 13.2. The van der Waals surface area contributed by atoms with Gasteiger partial charge in [0.1, 0.15) is 5.82 Å². The van der Waals surface area contributed by atoms with Gasteiger partial charge in [0.15, 0.2) is 0 Å². The molecule has 0 saturated heterocycles. The maximum Gasteiger partial charge on any atom is 0.417 e. The molecule has 2 aromatic heterocycles. The van der Waals surface area contributed by atoms with Gasteiger partial charge >= 0.3 is 6.18 Å². The smallest absolute Gasteiger partial charge is 0.343 e. The molecule has 0 spiro atoms. The first-order valence-electron chi connectivity index (χ1n) is 7.50. The largest absolute Gasteiger partial charge is 0.417 e. The average molecular weight is 344 g/mol. The van der Waals surface area contributed by atoms with Crippen LogP contribution in [0.5, 0.6) is 0 Å². The number of halogens is 3. The molecule has 128 valence electrons. The molecule has 0 aliphatic carbocycles. The fourth-order valence-corrected chi connectivity index (χ4v) is 2.46. The van der Waals surface area contributed by atoms with Gasteiger partial charge in [-0.05, 0) is 18.2 Å². The standard InChI is InChI=1S/C18H15F3N4/c1-2-9-25-12-13(15-5-3-4-6-16(15)25)10-23-24-17-8-7-14(11-22-17)18(19,20)21/h2-8,10-12H,1,9H2,(H,22,24)/b23-10-. The summed E-state index contributed by atoms with van der Waals surface area (Å²) in [4.78, 5) is 3.71. The second-order valence-electron chi connectivity index (χ2n) is 5.34. The number of anilines is 1. The van der Waals surface area contributed by atoms with E-state index < -0.39 is 11.7 Å². The van der Waals surface area contributed by atoms with Crippen LogP contribution < -0.4 is 5.43 Å². The first-order chi connectivity index (χ1) is 12.0. The second kappa shape index (κ2) is 6.80. The van der Waals surface area contributed by atoms with E-state index in [9.17, 15) is 13.2 Å².